The van der Waals surface area contributed by atoms with E-state index >= 15 is 0 Å². The second kappa shape index (κ2) is 8.09. The smallest absolute Gasteiger partial charge is 0.223 e. The summed E-state index contributed by atoms with van der Waals surface area (Å²) in [5, 5.41) is 0.648. The molecule has 1 aromatic heterocycles. The van der Waals surface area contributed by atoms with E-state index in [1.54, 1.807) is 12.1 Å². The van der Waals surface area contributed by atoms with Gasteiger partial charge in [0.25, 0.3) is 0 Å². The number of benzene rings is 2. The predicted molar refractivity (Wildman–Crippen MR) is 108 cm³/mol. The number of aryl methyl sites for hydroxylation is 1. The summed E-state index contributed by atoms with van der Waals surface area (Å²) in [4.78, 5) is 9.25. The van der Waals surface area contributed by atoms with Crippen LogP contribution >= 0.6 is 11.8 Å². The minimum Gasteiger partial charge on any atom is -0.439 e. The number of nitrogens with zero attached hydrogens (tertiary/aromatic N) is 2. The van der Waals surface area contributed by atoms with Crippen LogP contribution in [0.5, 0.6) is 11.6 Å². The highest BCUT2D eigenvalue weighted by molar-refractivity contribution is 7.98. The monoisotopic (exact) mass is 382 g/mol. The zero-order valence-electron chi connectivity index (χ0n) is 16.0. The fourth-order valence-electron chi connectivity index (χ4n) is 2.43. The Morgan fingerprint density at radius 3 is 2.41 bits per heavy atom. The number of halogens is 1. The van der Waals surface area contributed by atoms with Crippen molar-refractivity contribution in [2.45, 2.75) is 44.0 Å². The molecule has 3 rings (SSSR count). The van der Waals surface area contributed by atoms with Crippen molar-refractivity contribution in [2.24, 2.45) is 0 Å². The van der Waals surface area contributed by atoms with E-state index in [4.69, 9.17) is 9.72 Å². The minimum atomic E-state index is -0.233. The molecule has 0 bridgehead atoms. The number of hydrogen-bond acceptors (Lipinski definition) is 4. The first-order chi connectivity index (χ1) is 12.8. The van der Waals surface area contributed by atoms with Crippen LogP contribution in [0.2, 0.25) is 0 Å². The van der Waals surface area contributed by atoms with Gasteiger partial charge in [-0.25, -0.2) is 9.37 Å². The zero-order valence-corrected chi connectivity index (χ0v) is 16.8. The molecule has 5 heteroatoms. The van der Waals surface area contributed by atoms with Gasteiger partial charge in [0, 0.05) is 17.2 Å². The maximum atomic E-state index is 13.1. The maximum absolute atomic E-state index is 13.1. The van der Waals surface area contributed by atoms with Crippen LogP contribution in [0.1, 0.15) is 37.6 Å². The van der Waals surface area contributed by atoms with Gasteiger partial charge in [-0.15, -0.1) is 0 Å². The Kier molecular flexibility index (Phi) is 5.80. The lowest BCUT2D eigenvalue weighted by atomic mass is 9.92. The van der Waals surface area contributed by atoms with E-state index in [9.17, 15) is 4.39 Å². The number of thioether (sulfide) groups is 1. The molecule has 3 nitrogen and oxygen atoms in total. The van der Waals surface area contributed by atoms with E-state index in [2.05, 4.69) is 25.8 Å². The van der Waals surface area contributed by atoms with Gasteiger partial charge in [0.2, 0.25) is 5.88 Å². The van der Waals surface area contributed by atoms with E-state index in [1.807, 2.05) is 37.3 Å². The Morgan fingerprint density at radius 1 is 1.00 bits per heavy atom. The second-order valence-corrected chi connectivity index (χ2v) is 8.40. The molecule has 0 amide bonds. The van der Waals surface area contributed by atoms with Crippen LogP contribution in [0.15, 0.2) is 59.8 Å². The molecule has 0 fully saturated rings. The fraction of sp³-hybridized carbons (Fsp3) is 0.273. The number of hydrogen-bond donors (Lipinski definition) is 0. The lowest BCUT2D eigenvalue weighted by Gasteiger charge is -2.19. The van der Waals surface area contributed by atoms with Gasteiger partial charge in [-0.05, 0) is 42.3 Å². The average Bonchev–Trinajstić information content (AvgIpc) is 2.60. The highest BCUT2D eigenvalue weighted by Gasteiger charge is 2.19. The van der Waals surface area contributed by atoms with E-state index in [0.717, 1.165) is 22.6 Å². The van der Waals surface area contributed by atoms with Crippen LogP contribution in [-0.4, -0.2) is 9.97 Å². The maximum Gasteiger partial charge on any atom is 0.223 e. The van der Waals surface area contributed by atoms with Crippen molar-refractivity contribution in [3.63, 3.8) is 0 Å². The van der Waals surface area contributed by atoms with Crippen LogP contribution in [-0.2, 0) is 11.2 Å². The van der Waals surface area contributed by atoms with Crippen molar-refractivity contribution in [1.29, 1.82) is 0 Å². The molecule has 0 saturated heterocycles. The molecule has 0 spiro atoms. The van der Waals surface area contributed by atoms with E-state index in [-0.39, 0.29) is 11.2 Å². The van der Waals surface area contributed by atoms with Crippen molar-refractivity contribution >= 4 is 11.8 Å². The summed E-state index contributed by atoms with van der Waals surface area (Å²) in [5.41, 5.74) is 2.94. The molecule has 0 atom stereocenters. The largest absolute Gasteiger partial charge is 0.439 e. The summed E-state index contributed by atoms with van der Waals surface area (Å²) >= 11 is 1.51. The van der Waals surface area contributed by atoms with Crippen molar-refractivity contribution in [3.05, 3.63) is 77.2 Å². The lowest BCUT2D eigenvalue weighted by molar-refractivity contribution is 0.446. The SMILES string of the molecule is Cc1cccc(Oc2cc(C(C)(C)C)nc(SCc3ccc(F)cc3)n2)c1. The number of ether oxygens (including phenoxy) is 1. The van der Waals surface area contributed by atoms with Crippen LogP contribution in [0.3, 0.4) is 0 Å². The molecule has 0 N–H and O–H groups in total. The third-order valence-corrected chi connectivity index (χ3v) is 4.86. The first-order valence-corrected chi connectivity index (χ1v) is 9.79. The zero-order chi connectivity index (χ0) is 19.4. The topological polar surface area (TPSA) is 35.0 Å². The van der Waals surface area contributed by atoms with Crippen LogP contribution < -0.4 is 4.74 Å². The first kappa shape index (κ1) is 19.4. The Bertz CT molecular complexity index is 920. The summed E-state index contributed by atoms with van der Waals surface area (Å²) in [6, 6.07) is 16.3. The Morgan fingerprint density at radius 2 is 1.74 bits per heavy atom. The molecule has 0 unspecified atom stereocenters. The van der Waals surface area contributed by atoms with E-state index < -0.39 is 0 Å². The lowest BCUT2D eigenvalue weighted by Crippen LogP contribution is -2.14. The van der Waals surface area contributed by atoms with Gasteiger partial charge in [-0.1, -0.05) is 56.8 Å². The summed E-state index contributed by atoms with van der Waals surface area (Å²) in [7, 11) is 0. The quantitative estimate of drug-likeness (QED) is 0.383. The van der Waals surface area contributed by atoms with Crippen LogP contribution in [0, 0.1) is 12.7 Å². The van der Waals surface area contributed by atoms with Gasteiger partial charge in [0.15, 0.2) is 5.16 Å². The van der Waals surface area contributed by atoms with Crippen LogP contribution in [0.4, 0.5) is 4.39 Å². The Labute approximate surface area is 164 Å². The molecule has 1 heterocycles. The summed E-state index contributed by atoms with van der Waals surface area (Å²) in [6.07, 6.45) is 0. The third kappa shape index (κ3) is 5.54. The highest BCUT2D eigenvalue weighted by Crippen LogP contribution is 2.30. The predicted octanol–water partition coefficient (Wildman–Crippen LogP) is 6.31. The molecule has 0 radical (unpaired) electrons. The van der Waals surface area contributed by atoms with Crippen molar-refractivity contribution < 1.29 is 9.13 Å². The minimum absolute atomic E-state index is 0.126. The van der Waals surface area contributed by atoms with Crippen LogP contribution in [0.25, 0.3) is 0 Å². The fourth-order valence-corrected chi connectivity index (χ4v) is 3.24. The summed E-state index contributed by atoms with van der Waals surface area (Å²) in [6.45, 7) is 8.36. The molecular weight excluding hydrogens is 359 g/mol. The van der Waals surface area contributed by atoms with Gasteiger partial charge in [0.1, 0.15) is 11.6 Å². The van der Waals surface area contributed by atoms with Crippen molar-refractivity contribution in [1.82, 2.24) is 9.97 Å². The first-order valence-electron chi connectivity index (χ1n) is 8.81. The highest BCUT2D eigenvalue weighted by atomic mass is 32.2. The summed E-state index contributed by atoms with van der Waals surface area (Å²) < 4.78 is 19.1. The normalized spacial score (nSPS) is 11.4. The van der Waals surface area contributed by atoms with Crippen molar-refractivity contribution in [2.75, 3.05) is 0 Å². The molecule has 0 aliphatic rings. The van der Waals surface area contributed by atoms with E-state index in [0.29, 0.717) is 16.8 Å². The molecule has 0 aliphatic heterocycles. The molecule has 140 valence electrons. The summed E-state index contributed by atoms with van der Waals surface area (Å²) in [5.74, 6) is 1.71. The van der Waals surface area contributed by atoms with Gasteiger partial charge >= 0.3 is 0 Å². The number of aromatic nitrogens is 2. The van der Waals surface area contributed by atoms with Gasteiger partial charge in [-0.3, -0.25) is 0 Å². The third-order valence-electron chi connectivity index (χ3n) is 3.94. The van der Waals surface area contributed by atoms with Gasteiger partial charge in [0.05, 0.1) is 5.69 Å². The Hall–Kier alpha value is -2.40. The standard InChI is InChI=1S/C22H23FN2OS/c1-15-6-5-7-18(12-15)26-20-13-19(22(2,3)4)24-21(25-20)27-14-16-8-10-17(23)11-9-16/h5-13H,14H2,1-4H3. The molecule has 3 aromatic rings. The van der Waals surface area contributed by atoms with Crippen molar-refractivity contribution in [3.8, 4) is 11.6 Å². The number of rotatable bonds is 5. The van der Waals surface area contributed by atoms with Gasteiger partial charge < -0.3 is 4.74 Å². The van der Waals surface area contributed by atoms with Gasteiger partial charge in [-0.2, -0.15) is 4.98 Å². The Balaban J connectivity index is 1.85. The molecule has 0 aliphatic carbocycles. The molecule has 27 heavy (non-hydrogen) atoms. The molecule has 2 aromatic carbocycles. The molecular formula is C22H23FN2OS. The average molecular weight is 383 g/mol. The second-order valence-electron chi connectivity index (χ2n) is 7.46. The molecule has 0 saturated carbocycles. The van der Waals surface area contributed by atoms with E-state index in [1.165, 1.54) is 23.9 Å².